The summed E-state index contributed by atoms with van der Waals surface area (Å²) in [5, 5.41) is 6.99. The molecule has 4 aromatic heterocycles. The highest BCUT2D eigenvalue weighted by atomic mass is 15.0. The van der Waals surface area contributed by atoms with Gasteiger partial charge in [0.2, 0.25) is 0 Å². The fraction of sp³-hybridized carbons (Fsp3) is 0. The van der Waals surface area contributed by atoms with Crippen LogP contribution in [0.4, 0.5) is 0 Å². The third kappa shape index (κ3) is 5.41. The van der Waals surface area contributed by atoms with Gasteiger partial charge in [0.1, 0.15) is 0 Å². The SMILES string of the molecule is c1ccc(-c2nc(-c3ccccc3)nc(-c3cccc4c3c3c(ccc5c6ccccc6n(-c6ccc7c(c6)c6ccccc6n7-c6ccccc6)c53)n4-c3ccccc3)n2)cc1. The van der Waals surface area contributed by atoms with Crippen LogP contribution in [0, 0.1) is 0 Å². The van der Waals surface area contributed by atoms with Crippen molar-refractivity contribution in [1.82, 2.24) is 28.7 Å². The van der Waals surface area contributed by atoms with E-state index in [1.54, 1.807) is 0 Å². The molecule has 0 saturated heterocycles. The largest absolute Gasteiger partial charge is 0.309 e. The number of hydrogen-bond acceptors (Lipinski definition) is 3. The van der Waals surface area contributed by atoms with Gasteiger partial charge in [-0.1, -0.05) is 152 Å². The lowest BCUT2D eigenvalue weighted by atomic mass is 10.0. The van der Waals surface area contributed by atoms with Gasteiger partial charge in [0, 0.05) is 66.1 Å². The monoisotopic (exact) mass is 804 g/mol. The minimum Gasteiger partial charge on any atom is -0.309 e. The molecule has 13 rings (SSSR count). The fourth-order valence-electron chi connectivity index (χ4n) is 9.79. The second-order valence-corrected chi connectivity index (χ2v) is 16.0. The van der Waals surface area contributed by atoms with Gasteiger partial charge < -0.3 is 13.7 Å². The maximum Gasteiger partial charge on any atom is 0.164 e. The first-order valence-corrected chi connectivity index (χ1v) is 21.3. The normalized spacial score (nSPS) is 11.8. The molecule has 0 aliphatic rings. The molecule has 13 aromatic rings. The molecule has 9 aromatic carbocycles. The summed E-state index contributed by atoms with van der Waals surface area (Å²) in [5.74, 6) is 1.88. The zero-order valence-electron chi connectivity index (χ0n) is 34.0. The van der Waals surface area contributed by atoms with Gasteiger partial charge in [0.25, 0.3) is 0 Å². The Kier molecular flexibility index (Phi) is 7.80. The van der Waals surface area contributed by atoms with Gasteiger partial charge in [-0.05, 0) is 66.7 Å². The molecule has 0 aliphatic carbocycles. The molecule has 0 aliphatic heterocycles. The van der Waals surface area contributed by atoms with Crippen LogP contribution < -0.4 is 0 Å². The van der Waals surface area contributed by atoms with Gasteiger partial charge >= 0.3 is 0 Å². The molecule has 0 fully saturated rings. The van der Waals surface area contributed by atoms with Crippen molar-refractivity contribution in [3.63, 3.8) is 0 Å². The first kappa shape index (κ1) is 35.2. The zero-order chi connectivity index (χ0) is 41.4. The number of nitrogens with zero attached hydrogens (tertiary/aromatic N) is 6. The molecule has 0 atom stereocenters. The maximum absolute atomic E-state index is 5.29. The molecule has 63 heavy (non-hydrogen) atoms. The fourth-order valence-corrected chi connectivity index (χ4v) is 9.79. The molecule has 0 saturated carbocycles. The smallest absolute Gasteiger partial charge is 0.164 e. The molecule has 0 radical (unpaired) electrons. The molecule has 0 spiro atoms. The van der Waals surface area contributed by atoms with Crippen molar-refractivity contribution in [3.8, 4) is 51.2 Å². The number of benzene rings is 9. The van der Waals surface area contributed by atoms with Gasteiger partial charge in [-0.15, -0.1) is 0 Å². The third-order valence-electron chi connectivity index (χ3n) is 12.5. The predicted octanol–water partition coefficient (Wildman–Crippen LogP) is 14.2. The van der Waals surface area contributed by atoms with Crippen molar-refractivity contribution in [3.05, 3.63) is 218 Å². The number of hydrogen-bond donors (Lipinski definition) is 0. The average Bonchev–Trinajstić information content (AvgIpc) is 4.00. The summed E-state index contributed by atoms with van der Waals surface area (Å²) in [6.45, 7) is 0. The quantitative estimate of drug-likeness (QED) is 0.168. The van der Waals surface area contributed by atoms with Gasteiger partial charge in [-0.2, -0.15) is 0 Å². The lowest BCUT2D eigenvalue weighted by Crippen LogP contribution is -2.00. The van der Waals surface area contributed by atoms with Crippen LogP contribution in [0.3, 0.4) is 0 Å². The molecule has 294 valence electrons. The summed E-state index contributed by atoms with van der Waals surface area (Å²) >= 11 is 0. The van der Waals surface area contributed by atoms with Crippen molar-refractivity contribution in [2.24, 2.45) is 0 Å². The Labute approximate surface area is 362 Å². The number of fused-ring (bicyclic) bond motifs is 10. The highest BCUT2D eigenvalue weighted by molar-refractivity contribution is 6.28. The van der Waals surface area contributed by atoms with Crippen molar-refractivity contribution in [2.75, 3.05) is 0 Å². The van der Waals surface area contributed by atoms with Crippen molar-refractivity contribution in [2.45, 2.75) is 0 Å². The molecular weight excluding hydrogens is 769 g/mol. The van der Waals surface area contributed by atoms with Crippen LogP contribution in [-0.4, -0.2) is 28.7 Å². The zero-order valence-corrected chi connectivity index (χ0v) is 34.0. The minimum atomic E-state index is 0.621. The third-order valence-corrected chi connectivity index (χ3v) is 12.5. The van der Waals surface area contributed by atoms with E-state index in [0.717, 1.165) is 66.6 Å². The summed E-state index contributed by atoms with van der Waals surface area (Å²) in [7, 11) is 0. The van der Waals surface area contributed by atoms with E-state index in [0.29, 0.717) is 17.5 Å². The Morgan fingerprint density at radius 2 is 0.730 bits per heavy atom. The van der Waals surface area contributed by atoms with Crippen LogP contribution in [0.5, 0.6) is 0 Å². The molecule has 4 heterocycles. The van der Waals surface area contributed by atoms with Crippen molar-refractivity contribution < 1.29 is 0 Å². The Morgan fingerprint density at radius 3 is 1.37 bits per heavy atom. The summed E-state index contributed by atoms with van der Waals surface area (Å²) in [5.41, 5.74) is 12.9. The number of rotatable bonds is 6. The lowest BCUT2D eigenvalue weighted by molar-refractivity contribution is 1.08. The summed E-state index contributed by atoms with van der Waals surface area (Å²) < 4.78 is 7.24. The van der Waals surface area contributed by atoms with E-state index in [1.165, 1.54) is 32.6 Å². The molecule has 0 bridgehead atoms. The van der Waals surface area contributed by atoms with E-state index in [-0.39, 0.29) is 0 Å². The lowest BCUT2D eigenvalue weighted by Gasteiger charge is -2.12. The van der Waals surface area contributed by atoms with Crippen LogP contribution >= 0.6 is 0 Å². The van der Waals surface area contributed by atoms with Gasteiger partial charge in [0.15, 0.2) is 17.5 Å². The van der Waals surface area contributed by atoms with Crippen LogP contribution in [-0.2, 0) is 0 Å². The first-order valence-electron chi connectivity index (χ1n) is 21.3. The molecular formula is C57H36N6. The minimum absolute atomic E-state index is 0.621. The van der Waals surface area contributed by atoms with Crippen LogP contribution in [0.25, 0.3) is 117 Å². The molecule has 6 heteroatoms. The first-order chi connectivity index (χ1) is 31.3. The summed E-state index contributed by atoms with van der Waals surface area (Å²) in [4.78, 5) is 15.6. The Balaban J connectivity index is 1.17. The van der Waals surface area contributed by atoms with E-state index in [4.69, 9.17) is 15.0 Å². The maximum atomic E-state index is 5.29. The molecule has 0 amide bonds. The number of para-hydroxylation sites is 4. The Hall–Kier alpha value is -8.61. The van der Waals surface area contributed by atoms with Gasteiger partial charge in [-0.3, -0.25) is 0 Å². The molecule has 0 unspecified atom stereocenters. The van der Waals surface area contributed by atoms with Crippen LogP contribution in [0.2, 0.25) is 0 Å². The van der Waals surface area contributed by atoms with Gasteiger partial charge in [0.05, 0.1) is 33.1 Å². The predicted molar refractivity (Wildman–Crippen MR) is 259 cm³/mol. The highest BCUT2D eigenvalue weighted by Crippen LogP contribution is 2.45. The second-order valence-electron chi connectivity index (χ2n) is 16.0. The van der Waals surface area contributed by atoms with E-state index in [2.05, 4.69) is 196 Å². The Bertz CT molecular complexity index is 3830. The number of aromatic nitrogens is 6. The van der Waals surface area contributed by atoms with Crippen LogP contribution in [0.15, 0.2) is 218 Å². The van der Waals surface area contributed by atoms with E-state index in [1.807, 2.05) is 36.4 Å². The summed E-state index contributed by atoms with van der Waals surface area (Å²) in [6.07, 6.45) is 0. The van der Waals surface area contributed by atoms with Crippen LogP contribution in [0.1, 0.15) is 0 Å². The van der Waals surface area contributed by atoms with E-state index >= 15 is 0 Å². The van der Waals surface area contributed by atoms with E-state index < -0.39 is 0 Å². The van der Waals surface area contributed by atoms with Crippen molar-refractivity contribution in [1.29, 1.82) is 0 Å². The van der Waals surface area contributed by atoms with Crippen molar-refractivity contribution >= 4 is 65.4 Å². The standard InChI is InChI=1S/C57H36N6/c1-5-18-37(19-6-1)55-58-56(38-20-7-2-8-21-38)60-57(59-55)45-28-17-31-50-52(45)53-51(62(50)40-24-11-4-12-25-40)35-33-44-42-26-13-16-30-48(42)63(54(44)53)41-32-34-49-46(36-41)43-27-14-15-29-47(43)61(49)39-22-9-3-10-23-39/h1-36H. The molecule has 6 nitrogen and oxygen atoms in total. The van der Waals surface area contributed by atoms with Gasteiger partial charge in [-0.25, -0.2) is 15.0 Å². The highest BCUT2D eigenvalue weighted by Gasteiger charge is 2.25. The average molecular weight is 805 g/mol. The second kappa shape index (κ2) is 14.0. The van der Waals surface area contributed by atoms with E-state index in [9.17, 15) is 0 Å². The topological polar surface area (TPSA) is 53.5 Å². The summed E-state index contributed by atoms with van der Waals surface area (Å²) in [6, 6.07) is 77.3. The molecule has 0 N–H and O–H groups in total. The Morgan fingerprint density at radius 1 is 0.270 bits per heavy atom.